The van der Waals surface area contributed by atoms with Gasteiger partial charge in [-0.3, -0.25) is 4.72 Å². The van der Waals surface area contributed by atoms with E-state index in [2.05, 4.69) is 15.1 Å². The van der Waals surface area contributed by atoms with Gasteiger partial charge in [-0.05, 0) is 24.3 Å². The van der Waals surface area contributed by atoms with Crippen molar-refractivity contribution in [1.82, 2.24) is 4.98 Å². The molecule has 0 unspecified atom stereocenters. The number of rotatable bonds is 4. The van der Waals surface area contributed by atoms with Crippen LogP contribution >= 0.6 is 23.2 Å². The molecule has 1 aromatic heterocycles. The second kappa shape index (κ2) is 6.02. The average molecular weight is 351 g/mol. The lowest BCUT2D eigenvalue weighted by atomic mass is 10.3. The number of sulfonamides is 1. The molecule has 0 spiro atoms. The molecule has 0 aliphatic carbocycles. The molecule has 2 aromatic rings. The molecule has 0 fully saturated rings. The fourth-order valence-electron chi connectivity index (χ4n) is 1.45. The monoisotopic (exact) mass is 350 g/mol. The molecule has 10 heteroatoms. The van der Waals surface area contributed by atoms with Crippen LogP contribution in [0.1, 0.15) is 0 Å². The predicted molar refractivity (Wildman–Crippen MR) is 79.3 cm³/mol. The molecule has 0 aliphatic rings. The first-order valence-corrected chi connectivity index (χ1v) is 7.67. The Bertz CT molecular complexity index is 786. The average Bonchev–Trinajstić information content (AvgIpc) is 2.42. The fraction of sp³-hybridized carbons (Fsp3) is 0. The topological polar surface area (TPSA) is 97.1 Å². The molecule has 0 saturated heterocycles. The van der Waals surface area contributed by atoms with Crippen molar-refractivity contribution in [2.45, 2.75) is 4.90 Å². The van der Waals surface area contributed by atoms with E-state index < -0.39 is 15.8 Å². The second-order valence-electron chi connectivity index (χ2n) is 3.88. The highest BCUT2D eigenvalue weighted by Crippen LogP contribution is 2.25. The van der Waals surface area contributed by atoms with Crippen LogP contribution in [0.15, 0.2) is 35.4 Å². The van der Waals surface area contributed by atoms with Crippen molar-refractivity contribution in [3.05, 3.63) is 46.3 Å². The summed E-state index contributed by atoms with van der Waals surface area (Å²) in [6.45, 7) is 0. The Labute approximate surface area is 130 Å². The lowest BCUT2D eigenvalue weighted by Gasteiger charge is -2.10. The van der Waals surface area contributed by atoms with E-state index in [0.29, 0.717) is 0 Å². The Morgan fingerprint density at radius 1 is 1.24 bits per heavy atom. The molecule has 112 valence electrons. The summed E-state index contributed by atoms with van der Waals surface area (Å²) in [5.74, 6) is 4.50. The van der Waals surface area contributed by atoms with Crippen LogP contribution in [0.4, 0.5) is 15.9 Å². The maximum atomic E-state index is 13.6. The number of anilines is 2. The van der Waals surface area contributed by atoms with E-state index in [-0.39, 0.29) is 26.4 Å². The maximum Gasteiger partial charge on any atom is 0.263 e. The SMILES string of the molecule is NNc1ncc(S(=O)(=O)Nc2cc(Cl)ccc2F)cc1Cl. The summed E-state index contributed by atoms with van der Waals surface area (Å²) < 4.78 is 39.9. The van der Waals surface area contributed by atoms with Gasteiger partial charge in [-0.1, -0.05) is 23.2 Å². The minimum absolute atomic E-state index is 0.00643. The van der Waals surface area contributed by atoms with Crippen LogP contribution in [0.5, 0.6) is 0 Å². The van der Waals surface area contributed by atoms with Gasteiger partial charge in [0, 0.05) is 11.2 Å². The molecule has 1 heterocycles. The van der Waals surface area contributed by atoms with Gasteiger partial charge in [0.1, 0.15) is 10.7 Å². The number of hydrogen-bond acceptors (Lipinski definition) is 5. The van der Waals surface area contributed by atoms with Crippen molar-refractivity contribution in [2.24, 2.45) is 5.84 Å². The minimum atomic E-state index is -4.06. The van der Waals surface area contributed by atoms with Crippen molar-refractivity contribution < 1.29 is 12.8 Å². The summed E-state index contributed by atoms with van der Waals surface area (Å²) in [7, 11) is -4.06. The lowest BCUT2D eigenvalue weighted by Crippen LogP contribution is -2.15. The second-order valence-corrected chi connectivity index (χ2v) is 6.40. The normalized spacial score (nSPS) is 11.2. The molecular weight excluding hydrogens is 342 g/mol. The lowest BCUT2D eigenvalue weighted by molar-refractivity contribution is 0.598. The third kappa shape index (κ3) is 3.53. The zero-order valence-electron chi connectivity index (χ0n) is 10.3. The summed E-state index contributed by atoms with van der Waals surface area (Å²) in [6.07, 6.45) is 1.03. The Morgan fingerprint density at radius 2 is 1.95 bits per heavy atom. The quantitative estimate of drug-likeness (QED) is 0.581. The van der Waals surface area contributed by atoms with Crippen molar-refractivity contribution >= 4 is 44.7 Å². The number of aromatic nitrogens is 1. The molecular formula is C11H9Cl2FN4O2S. The maximum absolute atomic E-state index is 13.6. The Morgan fingerprint density at radius 3 is 2.57 bits per heavy atom. The van der Waals surface area contributed by atoms with Gasteiger partial charge in [0.2, 0.25) is 0 Å². The van der Waals surface area contributed by atoms with Crippen LogP contribution in [-0.4, -0.2) is 13.4 Å². The smallest absolute Gasteiger partial charge is 0.263 e. The van der Waals surface area contributed by atoms with Gasteiger partial charge in [-0.2, -0.15) is 0 Å². The number of halogens is 3. The first kappa shape index (κ1) is 15.8. The Kier molecular flexibility index (Phi) is 4.52. The summed E-state index contributed by atoms with van der Waals surface area (Å²) in [5, 5.41) is 0.194. The number of pyridine rings is 1. The van der Waals surface area contributed by atoms with Gasteiger partial charge in [-0.25, -0.2) is 23.6 Å². The molecule has 0 aliphatic heterocycles. The van der Waals surface area contributed by atoms with E-state index in [1.165, 1.54) is 6.07 Å². The van der Waals surface area contributed by atoms with E-state index in [9.17, 15) is 12.8 Å². The largest absolute Gasteiger partial charge is 0.307 e. The molecule has 2 rings (SSSR count). The van der Waals surface area contributed by atoms with Gasteiger partial charge in [0.25, 0.3) is 10.0 Å². The highest BCUT2D eigenvalue weighted by Gasteiger charge is 2.18. The van der Waals surface area contributed by atoms with Gasteiger partial charge < -0.3 is 5.43 Å². The predicted octanol–water partition coefficient (Wildman–Crippen LogP) is 2.61. The third-order valence-corrected chi connectivity index (χ3v) is 4.29. The molecule has 1 aromatic carbocycles. The van der Waals surface area contributed by atoms with Gasteiger partial charge in [-0.15, -0.1) is 0 Å². The number of benzene rings is 1. The van der Waals surface area contributed by atoms with Crippen molar-refractivity contribution in [1.29, 1.82) is 0 Å². The summed E-state index contributed by atoms with van der Waals surface area (Å²) in [5.41, 5.74) is 1.93. The van der Waals surface area contributed by atoms with Crippen LogP contribution in [0, 0.1) is 5.82 Å². The Balaban J connectivity index is 2.38. The van der Waals surface area contributed by atoms with Crippen molar-refractivity contribution in [3.8, 4) is 0 Å². The summed E-state index contributed by atoms with van der Waals surface area (Å²) in [6, 6.07) is 4.63. The van der Waals surface area contributed by atoms with E-state index in [4.69, 9.17) is 29.0 Å². The molecule has 21 heavy (non-hydrogen) atoms. The highest BCUT2D eigenvalue weighted by molar-refractivity contribution is 7.92. The molecule has 0 bridgehead atoms. The summed E-state index contributed by atoms with van der Waals surface area (Å²) in [4.78, 5) is 3.49. The van der Waals surface area contributed by atoms with Crippen LogP contribution in [0.3, 0.4) is 0 Å². The van der Waals surface area contributed by atoms with E-state index in [0.717, 1.165) is 24.4 Å². The first-order valence-electron chi connectivity index (χ1n) is 5.43. The van der Waals surface area contributed by atoms with Gasteiger partial charge in [0.15, 0.2) is 5.82 Å². The van der Waals surface area contributed by atoms with Crippen LogP contribution in [0.25, 0.3) is 0 Å². The number of hydrazine groups is 1. The Hall–Kier alpha value is -1.61. The number of nitrogens with two attached hydrogens (primary N) is 1. The van der Waals surface area contributed by atoms with Crippen molar-refractivity contribution in [2.75, 3.05) is 10.1 Å². The van der Waals surface area contributed by atoms with Gasteiger partial charge >= 0.3 is 0 Å². The molecule has 0 saturated carbocycles. The highest BCUT2D eigenvalue weighted by atomic mass is 35.5. The van der Waals surface area contributed by atoms with Gasteiger partial charge in [0.05, 0.1) is 10.7 Å². The molecule has 4 N–H and O–H groups in total. The van der Waals surface area contributed by atoms with Crippen molar-refractivity contribution in [3.63, 3.8) is 0 Å². The van der Waals surface area contributed by atoms with Crippen LogP contribution in [0.2, 0.25) is 10.0 Å². The molecule has 0 atom stereocenters. The minimum Gasteiger partial charge on any atom is -0.307 e. The van der Waals surface area contributed by atoms with E-state index >= 15 is 0 Å². The van der Waals surface area contributed by atoms with E-state index in [1.54, 1.807) is 0 Å². The molecule has 0 radical (unpaired) electrons. The fourth-order valence-corrected chi connectivity index (χ4v) is 2.94. The summed E-state index contributed by atoms with van der Waals surface area (Å²) >= 11 is 11.5. The third-order valence-electron chi connectivity index (χ3n) is 2.44. The van der Waals surface area contributed by atoms with E-state index in [1.807, 2.05) is 0 Å². The zero-order chi connectivity index (χ0) is 15.6. The first-order chi connectivity index (χ1) is 9.83. The standard InChI is InChI=1S/C11H9Cl2FN4O2S/c12-6-1-2-9(14)10(3-6)18-21(19,20)7-4-8(13)11(17-15)16-5-7/h1-5,18H,15H2,(H,16,17). The number of nitrogens with one attached hydrogen (secondary N) is 2. The van der Waals surface area contributed by atoms with Crippen LogP contribution < -0.4 is 16.0 Å². The molecule has 0 amide bonds. The zero-order valence-corrected chi connectivity index (χ0v) is 12.6. The number of hydrogen-bond donors (Lipinski definition) is 3. The number of nitrogen functional groups attached to an aromatic ring is 1. The molecule has 6 nitrogen and oxygen atoms in total. The van der Waals surface area contributed by atoms with Crippen LogP contribution in [-0.2, 0) is 10.0 Å². The number of nitrogens with zero attached hydrogens (tertiary/aromatic N) is 1.